The summed E-state index contributed by atoms with van der Waals surface area (Å²) in [5, 5.41) is 11.5. The smallest absolute Gasteiger partial charge is 0.149 e. The Morgan fingerprint density at radius 1 is 1.28 bits per heavy atom. The van der Waals surface area contributed by atoms with Crippen molar-refractivity contribution in [3.63, 3.8) is 0 Å². The molecule has 1 N–H and O–H groups in total. The van der Waals surface area contributed by atoms with Crippen LogP contribution in [0, 0.1) is 0 Å². The highest BCUT2D eigenvalue weighted by molar-refractivity contribution is 5.14. The number of hydrogen-bond acceptors (Lipinski definition) is 3. The molecular formula is C14H20N4. The number of aromatic nitrogens is 3. The van der Waals surface area contributed by atoms with Gasteiger partial charge in [0.05, 0.1) is 6.04 Å². The second kappa shape index (κ2) is 6.31. The van der Waals surface area contributed by atoms with Gasteiger partial charge in [-0.3, -0.25) is 0 Å². The molecule has 0 fully saturated rings. The Balaban J connectivity index is 1.71. The predicted molar refractivity (Wildman–Crippen MR) is 72.2 cm³/mol. The Bertz CT molecular complexity index is 464. The van der Waals surface area contributed by atoms with Gasteiger partial charge in [0, 0.05) is 7.05 Å². The third-order valence-corrected chi connectivity index (χ3v) is 3.07. The van der Waals surface area contributed by atoms with E-state index in [1.807, 2.05) is 11.6 Å². The number of rotatable bonds is 6. The van der Waals surface area contributed by atoms with Gasteiger partial charge in [-0.05, 0) is 31.9 Å². The molecule has 4 nitrogen and oxygen atoms in total. The van der Waals surface area contributed by atoms with E-state index in [0.29, 0.717) is 0 Å². The van der Waals surface area contributed by atoms with E-state index in [-0.39, 0.29) is 6.04 Å². The van der Waals surface area contributed by atoms with Gasteiger partial charge < -0.3 is 9.88 Å². The highest BCUT2D eigenvalue weighted by atomic mass is 15.3. The lowest BCUT2D eigenvalue weighted by atomic mass is 10.1. The first-order valence-electron chi connectivity index (χ1n) is 6.38. The van der Waals surface area contributed by atoms with Gasteiger partial charge in [-0.15, -0.1) is 10.2 Å². The number of nitrogens with one attached hydrogen (secondary N) is 1. The third-order valence-electron chi connectivity index (χ3n) is 3.07. The minimum atomic E-state index is 0.244. The van der Waals surface area contributed by atoms with E-state index < -0.39 is 0 Å². The molecule has 0 aliphatic rings. The average molecular weight is 244 g/mol. The van der Waals surface area contributed by atoms with Crippen molar-refractivity contribution >= 4 is 0 Å². The van der Waals surface area contributed by atoms with Crippen LogP contribution in [0.3, 0.4) is 0 Å². The van der Waals surface area contributed by atoms with E-state index in [0.717, 1.165) is 25.2 Å². The molecule has 2 aromatic rings. The van der Waals surface area contributed by atoms with Crippen molar-refractivity contribution < 1.29 is 0 Å². The Labute approximate surface area is 108 Å². The van der Waals surface area contributed by atoms with Crippen molar-refractivity contribution in [2.45, 2.75) is 25.8 Å². The minimum absolute atomic E-state index is 0.244. The highest BCUT2D eigenvalue weighted by Crippen LogP contribution is 2.07. The van der Waals surface area contributed by atoms with Gasteiger partial charge in [-0.2, -0.15) is 0 Å². The second-order valence-electron chi connectivity index (χ2n) is 4.57. The SMILES string of the molecule is CC(NCCCc1ccccc1)c1nncn1C. The van der Waals surface area contributed by atoms with E-state index in [1.54, 1.807) is 6.33 Å². The van der Waals surface area contributed by atoms with Gasteiger partial charge in [-0.25, -0.2) is 0 Å². The molecule has 0 spiro atoms. The van der Waals surface area contributed by atoms with Crippen LogP contribution in [-0.4, -0.2) is 21.3 Å². The number of benzene rings is 1. The maximum atomic E-state index is 4.10. The summed E-state index contributed by atoms with van der Waals surface area (Å²) >= 11 is 0. The molecule has 0 radical (unpaired) electrons. The molecule has 1 unspecified atom stereocenters. The maximum Gasteiger partial charge on any atom is 0.149 e. The number of aryl methyl sites for hydroxylation is 2. The number of nitrogens with zero attached hydrogens (tertiary/aromatic N) is 3. The van der Waals surface area contributed by atoms with Crippen LogP contribution >= 0.6 is 0 Å². The molecule has 4 heteroatoms. The molecule has 96 valence electrons. The van der Waals surface area contributed by atoms with Crippen LogP contribution in [0.4, 0.5) is 0 Å². The molecule has 0 bridgehead atoms. The lowest BCUT2D eigenvalue weighted by molar-refractivity contribution is 0.519. The molecule has 1 aromatic carbocycles. The summed E-state index contributed by atoms with van der Waals surface area (Å²) in [5.74, 6) is 0.981. The van der Waals surface area contributed by atoms with Crippen molar-refractivity contribution in [1.29, 1.82) is 0 Å². The fraction of sp³-hybridized carbons (Fsp3) is 0.429. The first kappa shape index (κ1) is 12.8. The van der Waals surface area contributed by atoms with E-state index in [2.05, 4.69) is 52.8 Å². The summed E-state index contributed by atoms with van der Waals surface area (Å²) in [6, 6.07) is 10.8. The molecule has 18 heavy (non-hydrogen) atoms. The molecular weight excluding hydrogens is 224 g/mol. The van der Waals surface area contributed by atoms with Gasteiger partial charge >= 0.3 is 0 Å². The standard InChI is InChI=1S/C14H20N4/c1-12(14-17-16-11-18(14)2)15-10-6-9-13-7-4-3-5-8-13/h3-5,7-8,11-12,15H,6,9-10H2,1-2H3. The van der Waals surface area contributed by atoms with E-state index in [4.69, 9.17) is 0 Å². The Hall–Kier alpha value is -1.68. The molecule has 0 saturated heterocycles. The quantitative estimate of drug-likeness (QED) is 0.791. The van der Waals surface area contributed by atoms with Crippen molar-refractivity contribution in [2.24, 2.45) is 7.05 Å². The topological polar surface area (TPSA) is 42.7 Å². The monoisotopic (exact) mass is 244 g/mol. The molecule has 1 heterocycles. The molecule has 1 atom stereocenters. The van der Waals surface area contributed by atoms with Crippen LogP contribution in [0.15, 0.2) is 36.7 Å². The van der Waals surface area contributed by atoms with Crippen molar-refractivity contribution in [3.05, 3.63) is 48.0 Å². The van der Waals surface area contributed by atoms with Crippen LogP contribution in [-0.2, 0) is 13.5 Å². The summed E-state index contributed by atoms with van der Waals surface area (Å²) in [5.41, 5.74) is 1.39. The minimum Gasteiger partial charge on any atom is -0.319 e. The first-order chi connectivity index (χ1) is 8.77. The first-order valence-corrected chi connectivity index (χ1v) is 6.38. The van der Waals surface area contributed by atoms with Gasteiger partial charge in [0.15, 0.2) is 0 Å². The fourth-order valence-corrected chi connectivity index (χ4v) is 2.03. The molecule has 0 amide bonds. The number of hydrogen-bond donors (Lipinski definition) is 1. The van der Waals surface area contributed by atoms with Crippen LogP contribution in [0.25, 0.3) is 0 Å². The van der Waals surface area contributed by atoms with Gasteiger partial charge in [0.25, 0.3) is 0 Å². The van der Waals surface area contributed by atoms with Crippen molar-refractivity contribution in [2.75, 3.05) is 6.54 Å². The summed E-state index contributed by atoms with van der Waals surface area (Å²) in [6.07, 6.45) is 3.98. The Kier molecular flexibility index (Phi) is 4.47. The lowest BCUT2D eigenvalue weighted by Crippen LogP contribution is -2.22. The van der Waals surface area contributed by atoms with Gasteiger partial charge in [0.1, 0.15) is 12.2 Å². The van der Waals surface area contributed by atoms with Crippen molar-refractivity contribution in [3.8, 4) is 0 Å². The largest absolute Gasteiger partial charge is 0.319 e. The lowest BCUT2D eigenvalue weighted by Gasteiger charge is -2.12. The highest BCUT2D eigenvalue weighted by Gasteiger charge is 2.09. The van der Waals surface area contributed by atoms with E-state index in [9.17, 15) is 0 Å². The van der Waals surface area contributed by atoms with Crippen LogP contribution < -0.4 is 5.32 Å². The van der Waals surface area contributed by atoms with Crippen LogP contribution in [0.2, 0.25) is 0 Å². The molecule has 0 aliphatic carbocycles. The predicted octanol–water partition coefficient (Wildman–Crippen LogP) is 2.10. The average Bonchev–Trinajstić information content (AvgIpc) is 2.82. The molecule has 2 rings (SSSR count). The third kappa shape index (κ3) is 3.40. The van der Waals surface area contributed by atoms with E-state index in [1.165, 1.54) is 5.56 Å². The van der Waals surface area contributed by atoms with E-state index >= 15 is 0 Å². The van der Waals surface area contributed by atoms with Crippen LogP contribution in [0.5, 0.6) is 0 Å². The zero-order valence-electron chi connectivity index (χ0n) is 11.0. The maximum absolute atomic E-state index is 4.10. The Morgan fingerprint density at radius 3 is 2.72 bits per heavy atom. The van der Waals surface area contributed by atoms with Gasteiger partial charge in [0.2, 0.25) is 0 Å². The van der Waals surface area contributed by atoms with Crippen LogP contribution in [0.1, 0.15) is 30.8 Å². The summed E-state index contributed by atoms with van der Waals surface area (Å²) in [4.78, 5) is 0. The summed E-state index contributed by atoms with van der Waals surface area (Å²) in [6.45, 7) is 3.11. The summed E-state index contributed by atoms with van der Waals surface area (Å²) < 4.78 is 1.95. The summed E-state index contributed by atoms with van der Waals surface area (Å²) in [7, 11) is 1.97. The molecule has 0 aliphatic heterocycles. The zero-order chi connectivity index (χ0) is 12.8. The van der Waals surface area contributed by atoms with Gasteiger partial charge in [-0.1, -0.05) is 30.3 Å². The molecule has 0 saturated carbocycles. The Morgan fingerprint density at radius 2 is 2.06 bits per heavy atom. The normalized spacial score (nSPS) is 12.6. The van der Waals surface area contributed by atoms with Crippen molar-refractivity contribution in [1.82, 2.24) is 20.1 Å². The zero-order valence-corrected chi connectivity index (χ0v) is 11.0. The molecule has 1 aromatic heterocycles. The fourth-order valence-electron chi connectivity index (χ4n) is 2.03. The second-order valence-corrected chi connectivity index (χ2v) is 4.57.